The van der Waals surface area contributed by atoms with Crippen LogP contribution >= 0.6 is 0 Å². The van der Waals surface area contributed by atoms with Crippen LogP contribution in [-0.4, -0.2) is 9.97 Å². The molecule has 0 atom stereocenters. The van der Waals surface area contributed by atoms with E-state index >= 15 is 0 Å². The summed E-state index contributed by atoms with van der Waals surface area (Å²) < 4.78 is 0. The van der Waals surface area contributed by atoms with Gasteiger partial charge in [0.15, 0.2) is 0 Å². The van der Waals surface area contributed by atoms with Crippen molar-refractivity contribution in [3.63, 3.8) is 0 Å². The fourth-order valence-electron chi connectivity index (χ4n) is 1.69. The lowest BCUT2D eigenvalue weighted by molar-refractivity contribution is 0.815. The van der Waals surface area contributed by atoms with E-state index in [1.54, 1.807) is 12.4 Å². The van der Waals surface area contributed by atoms with E-state index < -0.39 is 0 Å². The molecule has 75 valence electrons. The minimum Gasteiger partial charge on any atom is -0.264 e. The van der Waals surface area contributed by atoms with Gasteiger partial charge in [0.1, 0.15) is 0 Å². The van der Waals surface area contributed by atoms with E-state index in [1.165, 1.54) is 11.1 Å². The van der Waals surface area contributed by atoms with Crippen LogP contribution in [0.4, 0.5) is 0 Å². The smallest absolute Gasteiger partial charge is 0.0306 e. The first kappa shape index (κ1) is 9.84. The van der Waals surface area contributed by atoms with Crippen LogP contribution in [0.25, 0.3) is 0 Å². The third kappa shape index (κ3) is 2.21. The fourth-order valence-corrected chi connectivity index (χ4v) is 1.69. The Balaban J connectivity index is 2.34. The normalized spacial score (nSPS) is 10.5. The molecule has 0 fully saturated rings. The molecule has 2 heterocycles. The van der Waals surface area contributed by atoms with Crippen LogP contribution in [-0.2, 0) is 0 Å². The lowest BCUT2D eigenvalue weighted by Crippen LogP contribution is -2.00. The second-order valence-corrected chi connectivity index (χ2v) is 3.41. The molecule has 0 aliphatic rings. The minimum absolute atomic E-state index is 0.299. The van der Waals surface area contributed by atoms with E-state index in [2.05, 4.69) is 29.0 Å². The predicted octanol–water partition coefficient (Wildman–Crippen LogP) is 2.83. The molecule has 0 N–H and O–H groups in total. The molecule has 0 aliphatic carbocycles. The Bertz CT molecular complexity index is 358. The first-order valence-corrected chi connectivity index (χ1v) is 5.01. The van der Waals surface area contributed by atoms with Crippen molar-refractivity contribution in [3.8, 4) is 0 Å². The highest BCUT2D eigenvalue weighted by Crippen LogP contribution is 2.25. The Morgan fingerprint density at radius 3 is 1.87 bits per heavy atom. The van der Waals surface area contributed by atoms with Gasteiger partial charge < -0.3 is 0 Å². The molecule has 0 aromatic carbocycles. The standard InChI is InChI=1S/C13H13N2/c1-2-13(11-5-3-7-14-9-11)12-6-4-8-15-10-12/h3-10,13H,1-2H2. The van der Waals surface area contributed by atoms with Gasteiger partial charge in [-0.25, -0.2) is 0 Å². The van der Waals surface area contributed by atoms with Crippen LogP contribution in [0.3, 0.4) is 0 Å². The summed E-state index contributed by atoms with van der Waals surface area (Å²) in [6.07, 6.45) is 8.17. The van der Waals surface area contributed by atoms with Crippen molar-refractivity contribution >= 4 is 0 Å². The summed E-state index contributed by atoms with van der Waals surface area (Å²) >= 11 is 0. The summed E-state index contributed by atoms with van der Waals surface area (Å²) in [5.41, 5.74) is 2.39. The maximum absolute atomic E-state index is 4.13. The first-order chi connectivity index (χ1) is 7.42. The van der Waals surface area contributed by atoms with Crippen molar-refractivity contribution in [2.75, 3.05) is 0 Å². The quantitative estimate of drug-likeness (QED) is 0.756. The highest BCUT2D eigenvalue weighted by Gasteiger charge is 2.11. The second-order valence-electron chi connectivity index (χ2n) is 3.41. The molecule has 0 bridgehead atoms. The average Bonchev–Trinajstić information content (AvgIpc) is 2.33. The highest BCUT2D eigenvalue weighted by molar-refractivity contribution is 5.28. The van der Waals surface area contributed by atoms with Crippen molar-refractivity contribution in [1.29, 1.82) is 0 Å². The van der Waals surface area contributed by atoms with Crippen LogP contribution in [0.2, 0.25) is 0 Å². The molecular formula is C13H13N2. The van der Waals surface area contributed by atoms with Gasteiger partial charge in [-0.2, -0.15) is 0 Å². The van der Waals surface area contributed by atoms with Crippen LogP contribution in [0.5, 0.6) is 0 Å². The van der Waals surface area contributed by atoms with Gasteiger partial charge in [-0.3, -0.25) is 9.97 Å². The Kier molecular flexibility index (Phi) is 3.08. The molecule has 0 spiro atoms. The molecule has 0 amide bonds. The average molecular weight is 197 g/mol. The molecule has 2 rings (SSSR count). The molecule has 2 aromatic rings. The zero-order valence-corrected chi connectivity index (χ0v) is 8.50. The number of hydrogen-bond donors (Lipinski definition) is 0. The number of pyridine rings is 2. The SMILES string of the molecule is [CH2]CC(c1cccnc1)c1cccnc1. The summed E-state index contributed by atoms with van der Waals surface area (Å²) in [5, 5.41) is 0. The van der Waals surface area contributed by atoms with Gasteiger partial charge in [0.05, 0.1) is 0 Å². The summed E-state index contributed by atoms with van der Waals surface area (Å²) in [4.78, 5) is 8.26. The van der Waals surface area contributed by atoms with Crippen molar-refractivity contribution in [1.82, 2.24) is 9.97 Å². The van der Waals surface area contributed by atoms with Crippen molar-refractivity contribution < 1.29 is 0 Å². The van der Waals surface area contributed by atoms with E-state index in [0.29, 0.717) is 5.92 Å². The molecule has 0 unspecified atom stereocenters. The van der Waals surface area contributed by atoms with Gasteiger partial charge in [-0.1, -0.05) is 19.1 Å². The van der Waals surface area contributed by atoms with E-state index in [1.807, 2.05) is 24.5 Å². The van der Waals surface area contributed by atoms with Gasteiger partial charge >= 0.3 is 0 Å². The molecule has 2 aromatic heterocycles. The number of nitrogens with zero attached hydrogens (tertiary/aromatic N) is 2. The zero-order valence-electron chi connectivity index (χ0n) is 8.50. The van der Waals surface area contributed by atoms with E-state index in [0.717, 1.165) is 6.42 Å². The van der Waals surface area contributed by atoms with Gasteiger partial charge in [-0.15, -0.1) is 0 Å². The molecule has 0 saturated heterocycles. The van der Waals surface area contributed by atoms with Crippen LogP contribution in [0, 0.1) is 6.92 Å². The van der Waals surface area contributed by atoms with Crippen molar-refractivity contribution in [3.05, 3.63) is 67.1 Å². The Morgan fingerprint density at radius 1 is 1.00 bits per heavy atom. The predicted molar refractivity (Wildman–Crippen MR) is 60.3 cm³/mol. The van der Waals surface area contributed by atoms with Gasteiger partial charge in [0, 0.05) is 30.7 Å². The lowest BCUT2D eigenvalue weighted by atomic mass is 9.91. The van der Waals surface area contributed by atoms with E-state index in [4.69, 9.17) is 0 Å². The number of aromatic nitrogens is 2. The third-order valence-corrected chi connectivity index (χ3v) is 2.46. The first-order valence-electron chi connectivity index (χ1n) is 5.01. The van der Waals surface area contributed by atoms with Crippen LogP contribution in [0.1, 0.15) is 23.5 Å². The Labute approximate surface area is 90.0 Å². The maximum atomic E-state index is 4.13. The molecule has 0 aliphatic heterocycles. The lowest BCUT2D eigenvalue weighted by Gasteiger charge is -2.14. The minimum atomic E-state index is 0.299. The highest BCUT2D eigenvalue weighted by atomic mass is 14.6. The van der Waals surface area contributed by atoms with Crippen LogP contribution < -0.4 is 0 Å². The fraction of sp³-hybridized carbons (Fsp3) is 0.154. The molecular weight excluding hydrogens is 184 g/mol. The van der Waals surface area contributed by atoms with E-state index in [9.17, 15) is 0 Å². The number of hydrogen-bond acceptors (Lipinski definition) is 2. The molecule has 2 nitrogen and oxygen atoms in total. The van der Waals surface area contributed by atoms with Crippen molar-refractivity contribution in [2.24, 2.45) is 0 Å². The zero-order chi connectivity index (χ0) is 10.5. The van der Waals surface area contributed by atoms with Gasteiger partial charge in [-0.05, 0) is 29.7 Å². The summed E-state index contributed by atoms with van der Waals surface area (Å²) in [6, 6.07) is 8.06. The van der Waals surface area contributed by atoms with Crippen LogP contribution in [0.15, 0.2) is 49.1 Å². The third-order valence-electron chi connectivity index (χ3n) is 2.46. The second kappa shape index (κ2) is 4.69. The molecule has 2 heteroatoms. The van der Waals surface area contributed by atoms with E-state index in [-0.39, 0.29) is 0 Å². The monoisotopic (exact) mass is 197 g/mol. The van der Waals surface area contributed by atoms with Gasteiger partial charge in [0.2, 0.25) is 0 Å². The topological polar surface area (TPSA) is 25.8 Å². The Morgan fingerprint density at radius 2 is 1.53 bits per heavy atom. The maximum Gasteiger partial charge on any atom is 0.0306 e. The molecule has 1 radical (unpaired) electrons. The van der Waals surface area contributed by atoms with Gasteiger partial charge in [0.25, 0.3) is 0 Å². The molecule has 0 saturated carbocycles. The summed E-state index contributed by atoms with van der Waals surface area (Å²) in [5.74, 6) is 0.299. The molecule has 15 heavy (non-hydrogen) atoms. The summed E-state index contributed by atoms with van der Waals surface area (Å²) in [6.45, 7) is 3.98. The largest absolute Gasteiger partial charge is 0.264 e. The van der Waals surface area contributed by atoms with Crippen molar-refractivity contribution in [2.45, 2.75) is 12.3 Å². The Hall–Kier alpha value is -1.70. The summed E-state index contributed by atoms with van der Waals surface area (Å²) in [7, 11) is 0. The number of rotatable bonds is 3.